The molecule has 0 aliphatic heterocycles. The third-order valence-corrected chi connectivity index (χ3v) is 5.40. The van der Waals surface area contributed by atoms with Crippen molar-refractivity contribution >= 4 is 5.97 Å². The van der Waals surface area contributed by atoms with Gasteiger partial charge in [-0.3, -0.25) is 0 Å². The van der Waals surface area contributed by atoms with Crippen LogP contribution in [-0.4, -0.2) is 24.2 Å². The van der Waals surface area contributed by atoms with Crippen molar-refractivity contribution in [2.75, 3.05) is 0 Å². The van der Waals surface area contributed by atoms with Crippen LogP contribution in [0.5, 0.6) is 0 Å². The Kier molecular flexibility index (Phi) is 4.34. The van der Waals surface area contributed by atoms with Crippen molar-refractivity contribution in [3.05, 3.63) is 12.2 Å². The number of carbonyl (C=O) groups is 1. The van der Waals surface area contributed by atoms with E-state index in [4.69, 9.17) is 14.2 Å². The molecule has 124 valence electrons. The first-order valence-corrected chi connectivity index (χ1v) is 8.55. The van der Waals surface area contributed by atoms with E-state index in [9.17, 15) is 4.79 Å². The van der Waals surface area contributed by atoms with Gasteiger partial charge in [-0.25, -0.2) is 4.79 Å². The molecule has 4 aliphatic carbocycles. The summed E-state index contributed by atoms with van der Waals surface area (Å²) in [6.45, 7) is 8.83. The van der Waals surface area contributed by atoms with Crippen molar-refractivity contribution in [3.63, 3.8) is 0 Å². The SMILES string of the molecule is C=C(C)C(=O)OC(C)OC(C)OC12CC3CC(CC(C3)C1)C2. The highest BCUT2D eigenvalue weighted by atomic mass is 16.8. The number of ether oxygens (including phenoxy) is 3. The van der Waals surface area contributed by atoms with Gasteiger partial charge in [-0.15, -0.1) is 0 Å². The summed E-state index contributed by atoms with van der Waals surface area (Å²) in [7, 11) is 0. The molecule has 4 heteroatoms. The Bertz CT molecular complexity index is 421. The van der Waals surface area contributed by atoms with Gasteiger partial charge in [0.2, 0.25) is 6.29 Å². The molecule has 4 rings (SSSR count). The van der Waals surface area contributed by atoms with Crippen molar-refractivity contribution < 1.29 is 19.0 Å². The molecule has 2 unspecified atom stereocenters. The molecule has 4 bridgehead atoms. The summed E-state index contributed by atoms with van der Waals surface area (Å²) in [5, 5.41) is 0. The standard InChI is InChI=1S/C18H28O4/c1-11(2)17(19)21-12(3)20-13(4)22-18-8-14-5-15(9-18)7-16(6-14)10-18/h12-16H,1,5-10H2,2-4H3. The normalized spacial score (nSPS) is 38.6. The van der Waals surface area contributed by atoms with Gasteiger partial charge in [0.1, 0.15) is 0 Å². The number of hydrogen-bond donors (Lipinski definition) is 0. The monoisotopic (exact) mass is 308 g/mol. The summed E-state index contributed by atoms with van der Waals surface area (Å²) < 4.78 is 17.2. The predicted octanol–water partition coefficient (Wildman–Crippen LogP) is 3.80. The maximum absolute atomic E-state index is 11.5. The van der Waals surface area contributed by atoms with Gasteiger partial charge in [-0.2, -0.15) is 0 Å². The molecule has 0 radical (unpaired) electrons. The van der Waals surface area contributed by atoms with Crippen LogP contribution in [0, 0.1) is 17.8 Å². The summed E-state index contributed by atoms with van der Waals surface area (Å²) in [6, 6.07) is 0. The molecule has 4 saturated carbocycles. The molecule has 0 aromatic rings. The second-order valence-electron chi connectivity index (χ2n) is 7.68. The van der Waals surface area contributed by atoms with Crippen LogP contribution in [0.2, 0.25) is 0 Å². The topological polar surface area (TPSA) is 44.8 Å². The van der Waals surface area contributed by atoms with E-state index in [0.717, 1.165) is 17.8 Å². The molecule has 4 nitrogen and oxygen atoms in total. The van der Waals surface area contributed by atoms with Crippen LogP contribution in [0.3, 0.4) is 0 Å². The zero-order valence-corrected chi connectivity index (χ0v) is 14.0. The van der Waals surface area contributed by atoms with E-state index >= 15 is 0 Å². The fourth-order valence-corrected chi connectivity index (χ4v) is 5.10. The summed E-state index contributed by atoms with van der Waals surface area (Å²) in [4.78, 5) is 11.5. The van der Waals surface area contributed by atoms with Crippen LogP contribution in [0.4, 0.5) is 0 Å². The van der Waals surface area contributed by atoms with Gasteiger partial charge >= 0.3 is 5.97 Å². The molecule has 2 atom stereocenters. The average molecular weight is 308 g/mol. The Labute approximate surface area is 133 Å². The second kappa shape index (κ2) is 5.97. The van der Waals surface area contributed by atoms with Crippen LogP contribution in [0.1, 0.15) is 59.3 Å². The van der Waals surface area contributed by atoms with Gasteiger partial charge in [-0.1, -0.05) is 6.58 Å². The first-order valence-electron chi connectivity index (χ1n) is 8.55. The van der Waals surface area contributed by atoms with E-state index in [1.165, 1.54) is 38.5 Å². The Balaban J connectivity index is 1.52. The number of hydrogen-bond acceptors (Lipinski definition) is 4. The Morgan fingerprint density at radius 2 is 1.55 bits per heavy atom. The summed E-state index contributed by atoms with van der Waals surface area (Å²) in [5.74, 6) is 2.11. The maximum Gasteiger partial charge on any atom is 0.335 e. The average Bonchev–Trinajstić information content (AvgIpc) is 2.35. The van der Waals surface area contributed by atoms with Crippen LogP contribution in [-0.2, 0) is 19.0 Å². The van der Waals surface area contributed by atoms with Gasteiger partial charge < -0.3 is 14.2 Å². The molecule has 0 saturated heterocycles. The number of esters is 1. The molecule has 0 amide bonds. The van der Waals surface area contributed by atoms with Crippen molar-refractivity contribution in [1.29, 1.82) is 0 Å². The fourth-order valence-electron chi connectivity index (χ4n) is 5.10. The lowest BCUT2D eigenvalue weighted by Crippen LogP contribution is -2.53. The van der Waals surface area contributed by atoms with Crippen molar-refractivity contribution in [1.82, 2.24) is 0 Å². The molecular weight excluding hydrogens is 280 g/mol. The van der Waals surface area contributed by atoms with Gasteiger partial charge in [0.05, 0.1) is 5.60 Å². The molecule has 0 N–H and O–H groups in total. The van der Waals surface area contributed by atoms with Crippen LogP contribution < -0.4 is 0 Å². The number of carbonyl (C=O) groups excluding carboxylic acids is 1. The van der Waals surface area contributed by atoms with Gasteiger partial charge in [0.25, 0.3) is 0 Å². The highest BCUT2D eigenvalue weighted by Crippen LogP contribution is 2.57. The molecule has 0 aromatic heterocycles. The van der Waals surface area contributed by atoms with Crippen LogP contribution in [0.25, 0.3) is 0 Å². The zero-order valence-electron chi connectivity index (χ0n) is 14.0. The van der Waals surface area contributed by atoms with Gasteiger partial charge in [-0.05, 0) is 77.0 Å². The zero-order chi connectivity index (χ0) is 15.9. The predicted molar refractivity (Wildman–Crippen MR) is 82.9 cm³/mol. The van der Waals surface area contributed by atoms with E-state index in [1.54, 1.807) is 13.8 Å². The third-order valence-electron chi connectivity index (χ3n) is 5.40. The smallest absolute Gasteiger partial charge is 0.335 e. The molecule has 0 aromatic carbocycles. The summed E-state index contributed by atoms with van der Waals surface area (Å²) in [5.41, 5.74) is 0.386. The Hall–Kier alpha value is -0.870. The molecule has 0 heterocycles. The Morgan fingerprint density at radius 3 is 2.00 bits per heavy atom. The van der Waals surface area contributed by atoms with E-state index in [0.29, 0.717) is 5.57 Å². The minimum atomic E-state index is -0.617. The maximum atomic E-state index is 11.5. The van der Waals surface area contributed by atoms with Gasteiger partial charge in [0, 0.05) is 5.57 Å². The molecule has 22 heavy (non-hydrogen) atoms. The first-order chi connectivity index (χ1) is 10.3. The first kappa shape index (κ1) is 16.0. The van der Waals surface area contributed by atoms with E-state index in [-0.39, 0.29) is 11.9 Å². The Morgan fingerprint density at radius 1 is 1.05 bits per heavy atom. The molecule has 0 spiro atoms. The molecule has 4 fully saturated rings. The fraction of sp³-hybridized carbons (Fsp3) is 0.833. The lowest BCUT2D eigenvalue weighted by molar-refractivity contribution is -0.285. The van der Waals surface area contributed by atoms with Crippen LogP contribution >= 0.6 is 0 Å². The van der Waals surface area contributed by atoms with E-state index in [2.05, 4.69) is 6.58 Å². The lowest BCUT2D eigenvalue weighted by Gasteiger charge is -2.56. The van der Waals surface area contributed by atoms with E-state index in [1.807, 2.05) is 6.92 Å². The molecule has 4 aliphatic rings. The minimum absolute atomic E-state index is 0.00620. The van der Waals surface area contributed by atoms with Gasteiger partial charge in [0.15, 0.2) is 6.29 Å². The van der Waals surface area contributed by atoms with Crippen molar-refractivity contribution in [2.45, 2.75) is 77.5 Å². The minimum Gasteiger partial charge on any atom is -0.433 e. The number of rotatable bonds is 6. The van der Waals surface area contributed by atoms with Crippen LogP contribution in [0.15, 0.2) is 12.2 Å². The van der Waals surface area contributed by atoms with Crippen molar-refractivity contribution in [3.8, 4) is 0 Å². The lowest BCUT2D eigenvalue weighted by atomic mass is 9.54. The third kappa shape index (κ3) is 3.38. The largest absolute Gasteiger partial charge is 0.433 e. The highest BCUT2D eigenvalue weighted by molar-refractivity contribution is 5.86. The molecular formula is C18H28O4. The second-order valence-corrected chi connectivity index (χ2v) is 7.68. The van der Waals surface area contributed by atoms with E-state index < -0.39 is 12.3 Å². The summed E-state index contributed by atoms with van der Waals surface area (Å²) >= 11 is 0. The van der Waals surface area contributed by atoms with Crippen molar-refractivity contribution in [2.24, 2.45) is 17.8 Å². The quantitative estimate of drug-likeness (QED) is 0.425. The summed E-state index contributed by atoms with van der Waals surface area (Å²) in [6.07, 6.45) is 6.72. The highest BCUT2D eigenvalue weighted by Gasteiger charge is 2.52.